The number of hydrogen-bond acceptors (Lipinski definition) is 1. The van der Waals surface area contributed by atoms with Crippen LogP contribution in [0.4, 0.5) is 0 Å². The molecule has 1 aliphatic rings. The molecule has 0 radical (unpaired) electrons. The van der Waals surface area contributed by atoms with E-state index >= 15 is 0 Å². The van der Waals surface area contributed by atoms with Gasteiger partial charge in [0, 0.05) is 11.3 Å². The molecule has 0 saturated heterocycles. The van der Waals surface area contributed by atoms with Crippen LogP contribution in [0.25, 0.3) is 0 Å². The van der Waals surface area contributed by atoms with Crippen LogP contribution in [0.3, 0.4) is 0 Å². The standard InChI is InChI=1S/C15H26O/c1-7-15(11(4)5)9-14(16)12(6)8-13(15)10(2)3/h9,11-13,16H,2,7-8H2,1,3-6H3. The second-order valence-electron chi connectivity index (χ2n) is 5.73. The van der Waals surface area contributed by atoms with E-state index in [1.165, 1.54) is 5.57 Å². The van der Waals surface area contributed by atoms with Gasteiger partial charge in [0.2, 0.25) is 0 Å². The van der Waals surface area contributed by atoms with Crippen molar-refractivity contribution >= 4 is 0 Å². The van der Waals surface area contributed by atoms with Crippen molar-refractivity contribution in [1.29, 1.82) is 0 Å². The first-order valence-corrected chi connectivity index (χ1v) is 6.42. The van der Waals surface area contributed by atoms with Gasteiger partial charge in [-0.05, 0) is 37.7 Å². The minimum absolute atomic E-state index is 0.0996. The molecule has 92 valence electrons. The topological polar surface area (TPSA) is 20.2 Å². The van der Waals surface area contributed by atoms with Crippen LogP contribution in [0.2, 0.25) is 0 Å². The van der Waals surface area contributed by atoms with Gasteiger partial charge in [-0.25, -0.2) is 0 Å². The molecule has 1 N–H and O–H groups in total. The molecule has 0 bridgehead atoms. The van der Waals surface area contributed by atoms with Crippen LogP contribution >= 0.6 is 0 Å². The first-order chi connectivity index (χ1) is 7.35. The van der Waals surface area contributed by atoms with E-state index in [4.69, 9.17) is 0 Å². The van der Waals surface area contributed by atoms with Gasteiger partial charge in [-0.15, -0.1) is 0 Å². The summed E-state index contributed by atoms with van der Waals surface area (Å²) < 4.78 is 0. The molecule has 0 spiro atoms. The lowest BCUT2D eigenvalue weighted by molar-refractivity contribution is 0.114. The zero-order chi connectivity index (χ0) is 12.5. The Morgan fingerprint density at radius 1 is 1.62 bits per heavy atom. The summed E-state index contributed by atoms with van der Waals surface area (Å²) in [7, 11) is 0. The summed E-state index contributed by atoms with van der Waals surface area (Å²) >= 11 is 0. The normalized spacial score (nSPS) is 35.0. The Kier molecular flexibility index (Phi) is 3.88. The van der Waals surface area contributed by atoms with Crippen molar-refractivity contribution in [3.63, 3.8) is 0 Å². The highest BCUT2D eigenvalue weighted by atomic mass is 16.3. The van der Waals surface area contributed by atoms with Gasteiger partial charge in [0.25, 0.3) is 0 Å². The van der Waals surface area contributed by atoms with E-state index in [9.17, 15) is 5.11 Å². The highest BCUT2D eigenvalue weighted by molar-refractivity contribution is 5.20. The van der Waals surface area contributed by atoms with E-state index in [2.05, 4.69) is 47.3 Å². The van der Waals surface area contributed by atoms with Crippen molar-refractivity contribution in [2.24, 2.45) is 23.2 Å². The molecule has 0 saturated carbocycles. The molecule has 3 unspecified atom stereocenters. The largest absolute Gasteiger partial charge is 0.512 e. The number of allylic oxidation sites excluding steroid dienone is 3. The molecule has 1 aliphatic carbocycles. The number of aliphatic hydroxyl groups excluding tert-OH is 1. The third-order valence-corrected chi connectivity index (χ3v) is 4.44. The van der Waals surface area contributed by atoms with Crippen molar-refractivity contribution in [3.8, 4) is 0 Å². The minimum Gasteiger partial charge on any atom is -0.512 e. The van der Waals surface area contributed by atoms with Crippen molar-refractivity contribution < 1.29 is 5.11 Å². The quantitative estimate of drug-likeness (QED) is 0.685. The van der Waals surface area contributed by atoms with Crippen LogP contribution in [0.5, 0.6) is 0 Å². The van der Waals surface area contributed by atoms with Crippen LogP contribution in [0.15, 0.2) is 24.0 Å². The first-order valence-electron chi connectivity index (χ1n) is 6.42. The van der Waals surface area contributed by atoms with E-state index in [0.29, 0.717) is 17.6 Å². The third kappa shape index (κ3) is 2.05. The van der Waals surface area contributed by atoms with E-state index < -0.39 is 0 Å². The Balaban J connectivity index is 3.22. The fraction of sp³-hybridized carbons (Fsp3) is 0.733. The van der Waals surface area contributed by atoms with E-state index in [1.54, 1.807) is 0 Å². The lowest BCUT2D eigenvalue weighted by Crippen LogP contribution is -2.39. The molecular formula is C15H26O. The van der Waals surface area contributed by atoms with Crippen molar-refractivity contribution in [2.75, 3.05) is 0 Å². The number of rotatable bonds is 3. The SMILES string of the molecule is C=C(C)C1CC(C)C(O)=CC1(CC)C(C)C. The van der Waals surface area contributed by atoms with Gasteiger partial charge in [-0.2, -0.15) is 0 Å². The molecule has 1 heteroatoms. The average molecular weight is 222 g/mol. The third-order valence-electron chi connectivity index (χ3n) is 4.44. The molecule has 0 aromatic heterocycles. The van der Waals surface area contributed by atoms with E-state index in [1.807, 2.05) is 0 Å². The molecule has 1 rings (SSSR count). The second-order valence-corrected chi connectivity index (χ2v) is 5.73. The Morgan fingerprint density at radius 3 is 2.56 bits per heavy atom. The van der Waals surface area contributed by atoms with Crippen LogP contribution in [-0.2, 0) is 0 Å². The molecule has 3 atom stereocenters. The van der Waals surface area contributed by atoms with Crippen molar-refractivity contribution in [1.82, 2.24) is 0 Å². The van der Waals surface area contributed by atoms with Crippen LogP contribution in [0.1, 0.15) is 47.5 Å². The van der Waals surface area contributed by atoms with Gasteiger partial charge < -0.3 is 5.11 Å². The molecule has 0 aromatic carbocycles. The summed E-state index contributed by atoms with van der Waals surface area (Å²) in [5.74, 6) is 1.89. The molecule has 0 fully saturated rings. The zero-order valence-electron chi connectivity index (χ0n) is 11.4. The number of hydrogen-bond donors (Lipinski definition) is 1. The maximum Gasteiger partial charge on any atom is 0.0917 e. The van der Waals surface area contributed by atoms with Crippen molar-refractivity contribution in [2.45, 2.75) is 47.5 Å². The molecule has 16 heavy (non-hydrogen) atoms. The second kappa shape index (κ2) is 4.65. The smallest absolute Gasteiger partial charge is 0.0917 e. The average Bonchev–Trinajstić information content (AvgIpc) is 2.20. The van der Waals surface area contributed by atoms with Crippen LogP contribution in [-0.4, -0.2) is 5.11 Å². The molecule has 0 heterocycles. The Morgan fingerprint density at radius 2 is 2.19 bits per heavy atom. The fourth-order valence-corrected chi connectivity index (χ4v) is 3.20. The van der Waals surface area contributed by atoms with Gasteiger partial charge in [0.05, 0.1) is 5.76 Å². The lowest BCUT2D eigenvalue weighted by atomic mass is 9.58. The van der Waals surface area contributed by atoms with E-state index in [0.717, 1.165) is 12.8 Å². The number of aliphatic hydroxyl groups is 1. The summed E-state index contributed by atoms with van der Waals surface area (Å²) in [6.07, 6.45) is 4.22. The van der Waals surface area contributed by atoms with E-state index in [-0.39, 0.29) is 11.3 Å². The summed E-state index contributed by atoms with van der Waals surface area (Å²) in [5.41, 5.74) is 1.36. The summed E-state index contributed by atoms with van der Waals surface area (Å²) in [4.78, 5) is 0. The van der Waals surface area contributed by atoms with Gasteiger partial charge in [0.1, 0.15) is 0 Å². The van der Waals surface area contributed by atoms with Crippen LogP contribution in [0, 0.1) is 23.2 Å². The van der Waals surface area contributed by atoms with Gasteiger partial charge >= 0.3 is 0 Å². The molecule has 0 amide bonds. The minimum atomic E-state index is 0.0996. The van der Waals surface area contributed by atoms with Gasteiger partial charge in [0.15, 0.2) is 0 Å². The Hall–Kier alpha value is -0.720. The summed E-state index contributed by atoms with van der Waals surface area (Å²) in [6, 6.07) is 0. The fourth-order valence-electron chi connectivity index (χ4n) is 3.20. The summed E-state index contributed by atoms with van der Waals surface area (Å²) in [6.45, 7) is 15.1. The highest BCUT2D eigenvalue weighted by Crippen LogP contribution is 2.51. The highest BCUT2D eigenvalue weighted by Gasteiger charge is 2.43. The summed E-state index contributed by atoms with van der Waals surface area (Å²) in [5, 5.41) is 10.0. The molecule has 0 aliphatic heterocycles. The monoisotopic (exact) mass is 222 g/mol. The maximum atomic E-state index is 10.0. The van der Waals surface area contributed by atoms with Crippen LogP contribution < -0.4 is 0 Å². The Labute approximate surface area is 100 Å². The van der Waals surface area contributed by atoms with Gasteiger partial charge in [-0.3, -0.25) is 0 Å². The molecule has 1 nitrogen and oxygen atoms in total. The molecular weight excluding hydrogens is 196 g/mol. The first kappa shape index (κ1) is 13.3. The van der Waals surface area contributed by atoms with Gasteiger partial charge in [-0.1, -0.05) is 39.8 Å². The predicted molar refractivity (Wildman–Crippen MR) is 70.4 cm³/mol. The lowest BCUT2D eigenvalue weighted by Gasteiger charge is -2.46. The van der Waals surface area contributed by atoms with Crippen molar-refractivity contribution in [3.05, 3.63) is 24.0 Å². The zero-order valence-corrected chi connectivity index (χ0v) is 11.4. The maximum absolute atomic E-state index is 10.0. The molecule has 0 aromatic rings. The predicted octanol–water partition coefficient (Wildman–Crippen LogP) is 4.71. The Bertz CT molecular complexity index is 301.